The van der Waals surface area contributed by atoms with E-state index in [1.807, 2.05) is 0 Å². The molecule has 0 aliphatic heterocycles. The summed E-state index contributed by atoms with van der Waals surface area (Å²) in [7, 11) is 0. The molecule has 0 heterocycles. The lowest BCUT2D eigenvalue weighted by Gasteiger charge is -2.27. The molecule has 0 spiro atoms. The maximum atomic E-state index is 12.1. The highest BCUT2D eigenvalue weighted by atomic mass is 35.5. The summed E-state index contributed by atoms with van der Waals surface area (Å²) in [6.07, 6.45) is 4.81. The molecule has 2 bridgehead atoms. The molecule has 6 atom stereocenters. The van der Waals surface area contributed by atoms with Gasteiger partial charge in [0.05, 0.1) is 5.92 Å². The van der Waals surface area contributed by atoms with Gasteiger partial charge in [-0.25, -0.2) is 0 Å². The summed E-state index contributed by atoms with van der Waals surface area (Å²) in [4.78, 5) is 12.1. The van der Waals surface area contributed by atoms with Crippen LogP contribution in [0.3, 0.4) is 0 Å². The number of hydrogen-bond acceptors (Lipinski definition) is 2. The van der Waals surface area contributed by atoms with Gasteiger partial charge < -0.3 is 11.1 Å². The van der Waals surface area contributed by atoms with E-state index in [1.54, 1.807) is 0 Å². The largest absolute Gasteiger partial charge is 0.353 e. The first-order chi connectivity index (χ1) is 7.16. The first kappa shape index (κ1) is 12.2. The van der Waals surface area contributed by atoms with E-state index in [1.165, 1.54) is 19.3 Å². The molecule has 3 aliphatic rings. The molecule has 6 unspecified atom stereocenters. The number of rotatable bonds is 2. The molecule has 0 radical (unpaired) electrons. The van der Waals surface area contributed by atoms with Gasteiger partial charge in [0.25, 0.3) is 0 Å². The van der Waals surface area contributed by atoms with Crippen molar-refractivity contribution in [2.75, 3.05) is 0 Å². The maximum absolute atomic E-state index is 12.1. The molecule has 3 fully saturated rings. The van der Waals surface area contributed by atoms with Gasteiger partial charge >= 0.3 is 0 Å². The van der Waals surface area contributed by atoms with Crippen LogP contribution in [0.4, 0.5) is 0 Å². The van der Waals surface area contributed by atoms with E-state index in [4.69, 9.17) is 5.73 Å². The van der Waals surface area contributed by atoms with Gasteiger partial charge in [-0.15, -0.1) is 12.4 Å². The lowest BCUT2D eigenvalue weighted by Crippen LogP contribution is -2.46. The lowest BCUT2D eigenvalue weighted by atomic mass is 9.84. The SMILES string of the molecule is CC1CC1NC(=O)C1C2CCC(C2)C1N.Cl. The monoisotopic (exact) mass is 244 g/mol. The zero-order valence-electron chi connectivity index (χ0n) is 9.69. The van der Waals surface area contributed by atoms with Crippen LogP contribution in [0.2, 0.25) is 0 Å². The predicted octanol–water partition coefficient (Wildman–Crippen LogP) is 1.31. The molecule has 3 rings (SSSR count). The van der Waals surface area contributed by atoms with E-state index in [9.17, 15) is 4.79 Å². The average Bonchev–Trinajstić information content (AvgIpc) is 2.67. The molecule has 92 valence electrons. The van der Waals surface area contributed by atoms with Crippen LogP contribution in [0.5, 0.6) is 0 Å². The number of hydrogen-bond donors (Lipinski definition) is 2. The molecule has 16 heavy (non-hydrogen) atoms. The Labute approximate surface area is 103 Å². The minimum Gasteiger partial charge on any atom is -0.353 e. The number of carbonyl (C=O) groups is 1. The van der Waals surface area contributed by atoms with E-state index < -0.39 is 0 Å². The van der Waals surface area contributed by atoms with Crippen molar-refractivity contribution in [2.45, 2.75) is 44.7 Å². The van der Waals surface area contributed by atoms with Crippen LogP contribution >= 0.6 is 12.4 Å². The van der Waals surface area contributed by atoms with Crippen LogP contribution in [0.25, 0.3) is 0 Å². The summed E-state index contributed by atoms with van der Waals surface area (Å²) in [6.45, 7) is 2.19. The van der Waals surface area contributed by atoms with E-state index >= 15 is 0 Å². The van der Waals surface area contributed by atoms with Crippen molar-refractivity contribution in [1.82, 2.24) is 5.32 Å². The van der Waals surface area contributed by atoms with Crippen LogP contribution in [-0.4, -0.2) is 18.0 Å². The molecule has 3 N–H and O–H groups in total. The smallest absolute Gasteiger partial charge is 0.225 e. The Morgan fingerprint density at radius 2 is 1.88 bits per heavy atom. The van der Waals surface area contributed by atoms with Gasteiger partial charge in [0.1, 0.15) is 0 Å². The minimum atomic E-state index is 0. The van der Waals surface area contributed by atoms with E-state index in [0.717, 1.165) is 6.42 Å². The van der Waals surface area contributed by atoms with Gasteiger partial charge in [-0.3, -0.25) is 4.79 Å². The highest BCUT2D eigenvalue weighted by Crippen LogP contribution is 2.48. The standard InChI is InChI=1S/C12H20N2O.ClH/c1-6-4-9(6)14-12(15)10-7-2-3-8(5-7)11(10)13;/h6-11H,2-5,13H2,1H3,(H,14,15);1H. The second-order valence-electron chi connectivity index (χ2n) is 5.76. The third kappa shape index (κ3) is 1.84. The van der Waals surface area contributed by atoms with Crippen molar-refractivity contribution >= 4 is 18.3 Å². The van der Waals surface area contributed by atoms with Gasteiger partial charge in [0, 0.05) is 12.1 Å². The van der Waals surface area contributed by atoms with Crippen LogP contribution in [0, 0.1) is 23.7 Å². The number of fused-ring (bicyclic) bond motifs is 2. The third-order valence-corrected chi connectivity index (χ3v) is 4.72. The van der Waals surface area contributed by atoms with Crippen molar-refractivity contribution < 1.29 is 4.79 Å². The van der Waals surface area contributed by atoms with Gasteiger partial charge in [-0.05, 0) is 43.4 Å². The molecule has 3 saturated carbocycles. The van der Waals surface area contributed by atoms with Gasteiger partial charge in [-0.1, -0.05) is 6.92 Å². The zero-order chi connectivity index (χ0) is 10.6. The topological polar surface area (TPSA) is 55.1 Å². The Morgan fingerprint density at radius 1 is 1.25 bits per heavy atom. The van der Waals surface area contributed by atoms with Crippen LogP contribution in [0.1, 0.15) is 32.6 Å². The molecule has 0 aromatic carbocycles. The van der Waals surface area contributed by atoms with Crippen molar-refractivity contribution in [1.29, 1.82) is 0 Å². The molecular weight excluding hydrogens is 224 g/mol. The summed E-state index contributed by atoms with van der Waals surface area (Å²) in [5.74, 6) is 2.26. The second-order valence-corrected chi connectivity index (χ2v) is 5.76. The van der Waals surface area contributed by atoms with Crippen molar-refractivity contribution in [3.63, 3.8) is 0 Å². The Morgan fingerprint density at radius 3 is 2.38 bits per heavy atom. The van der Waals surface area contributed by atoms with Crippen molar-refractivity contribution in [3.8, 4) is 0 Å². The van der Waals surface area contributed by atoms with Gasteiger partial charge in [0.2, 0.25) is 5.91 Å². The average molecular weight is 245 g/mol. The quantitative estimate of drug-likeness (QED) is 0.770. The van der Waals surface area contributed by atoms with Crippen molar-refractivity contribution in [2.24, 2.45) is 29.4 Å². The van der Waals surface area contributed by atoms with Crippen LogP contribution in [-0.2, 0) is 4.79 Å². The summed E-state index contributed by atoms with van der Waals surface area (Å²) in [5.41, 5.74) is 6.14. The fraction of sp³-hybridized carbons (Fsp3) is 0.917. The highest BCUT2D eigenvalue weighted by molar-refractivity contribution is 5.85. The first-order valence-corrected chi connectivity index (χ1v) is 6.22. The molecule has 0 saturated heterocycles. The molecule has 0 aromatic rings. The van der Waals surface area contributed by atoms with Gasteiger partial charge in [-0.2, -0.15) is 0 Å². The molecule has 3 nitrogen and oxygen atoms in total. The summed E-state index contributed by atoms with van der Waals surface area (Å²) in [6, 6.07) is 0.585. The zero-order valence-corrected chi connectivity index (χ0v) is 10.5. The Balaban J connectivity index is 0.000000963. The van der Waals surface area contributed by atoms with E-state index in [-0.39, 0.29) is 30.3 Å². The minimum absolute atomic E-state index is 0. The Hall–Kier alpha value is -0.280. The molecule has 4 heteroatoms. The second kappa shape index (κ2) is 4.19. The first-order valence-electron chi connectivity index (χ1n) is 6.22. The highest BCUT2D eigenvalue weighted by Gasteiger charge is 2.50. The molecule has 3 aliphatic carbocycles. The number of nitrogens with one attached hydrogen (secondary N) is 1. The fourth-order valence-corrected chi connectivity index (χ4v) is 3.53. The van der Waals surface area contributed by atoms with Crippen LogP contribution in [0.15, 0.2) is 0 Å². The predicted molar refractivity (Wildman–Crippen MR) is 65.3 cm³/mol. The van der Waals surface area contributed by atoms with Crippen LogP contribution < -0.4 is 11.1 Å². The summed E-state index contributed by atoms with van der Waals surface area (Å²) >= 11 is 0. The Kier molecular flexibility index (Phi) is 3.19. The maximum Gasteiger partial charge on any atom is 0.225 e. The lowest BCUT2D eigenvalue weighted by molar-refractivity contribution is -0.127. The number of nitrogens with two attached hydrogens (primary N) is 1. The summed E-state index contributed by atoms with van der Waals surface area (Å²) in [5, 5.41) is 3.14. The number of carbonyl (C=O) groups excluding carboxylic acids is 1. The molecular formula is C12H21ClN2O. The van der Waals surface area contributed by atoms with Gasteiger partial charge in [0.15, 0.2) is 0 Å². The molecule has 1 amide bonds. The number of amides is 1. The normalized spacial score (nSPS) is 48.6. The number of halogens is 1. The Bertz CT molecular complexity index is 295. The molecule has 0 aromatic heterocycles. The third-order valence-electron chi connectivity index (χ3n) is 4.72. The fourth-order valence-electron chi connectivity index (χ4n) is 3.53. The van der Waals surface area contributed by atoms with E-state index in [2.05, 4.69) is 12.2 Å². The van der Waals surface area contributed by atoms with E-state index in [0.29, 0.717) is 23.8 Å². The summed E-state index contributed by atoms with van der Waals surface area (Å²) < 4.78 is 0. The van der Waals surface area contributed by atoms with Crippen molar-refractivity contribution in [3.05, 3.63) is 0 Å².